The van der Waals surface area contributed by atoms with Gasteiger partial charge in [0.1, 0.15) is 11.5 Å². The highest BCUT2D eigenvalue weighted by molar-refractivity contribution is 5.82. The Bertz CT molecular complexity index is 798. The Morgan fingerprint density at radius 2 is 1.48 bits per heavy atom. The summed E-state index contributed by atoms with van der Waals surface area (Å²) >= 11 is 0. The highest BCUT2D eigenvalue weighted by Gasteiger charge is 2.07. The molecule has 2 N–H and O–H groups in total. The minimum atomic E-state index is -0.432. The van der Waals surface area contributed by atoms with Crippen molar-refractivity contribution >= 4 is 11.8 Å². The molecule has 0 fully saturated rings. The maximum Gasteiger partial charge on any atom is 0.276 e. The lowest BCUT2D eigenvalue weighted by Gasteiger charge is -2.11. The van der Waals surface area contributed by atoms with E-state index in [0.717, 1.165) is 28.0 Å². The number of rotatable bonds is 7. The largest absolute Gasteiger partial charge is 0.493 e. The molecule has 2 aromatic carbocycles. The molecule has 0 aliphatic rings. The fraction of sp³-hybridized carbons (Fsp3) is 0.333. The van der Waals surface area contributed by atoms with Gasteiger partial charge in [0.2, 0.25) is 5.91 Å². The lowest BCUT2D eigenvalue weighted by atomic mass is 10.1. The summed E-state index contributed by atoms with van der Waals surface area (Å²) in [7, 11) is 0. The number of carbonyl (C=O) groups excluding carboxylic acids is 2. The van der Waals surface area contributed by atoms with E-state index in [0.29, 0.717) is 5.75 Å². The van der Waals surface area contributed by atoms with E-state index in [1.165, 1.54) is 0 Å². The van der Waals surface area contributed by atoms with Gasteiger partial charge in [0.25, 0.3) is 5.91 Å². The number of hydrogen-bond acceptors (Lipinski definition) is 4. The summed E-state index contributed by atoms with van der Waals surface area (Å²) in [5.41, 5.74) is 8.91. The van der Waals surface area contributed by atoms with Gasteiger partial charge in [-0.15, -0.1) is 0 Å². The van der Waals surface area contributed by atoms with E-state index < -0.39 is 5.91 Å². The Kier molecular flexibility index (Phi) is 7.23. The Morgan fingerprint density at radius 3 is 2.19 bits per heavy atom. The second-order valence-corrected chi connectivity index (χ2v) is 6.58. The van der Waals surface area contributed by atoms with Gasteiger partial charge in [0.05, 0.1) is 13.0 Å². The molecule has 0 aliphatic carbocycles. The van der Waals surface area contributed by atoms with Gasteiger partial charge >= 0.3 is 0 Å². The predicted octanol–water partition coefficient (Wildman–Crippen LogP) is 2.92. The molecule has 0 heterocycles. The standard InChI is InChI=1S/C21H26N2O4/c1-14-5-6-17(4)19(12-14)26-8-7-20(24)22-23-21(25)13-27-18-10-15(2)9-16(3)11-18/h5-6,9-12H,7-8,13H2,1-4H3,(H,22,24)(H,23,25). The first-order valence-corrected chi connectivity index (χ1v) is 8.82. The molecule has 0 unspecified atom stereocenters. The van der Waals surface area contributed by atoms with E-state index in [1.807, 2.05) is 64.1 Å². The van der Waals surface area contributed by atoms with Crippen molar-refractivity contribution in [3.8, 4) is 11.5 Å². The van der Waals surface area contributed by atoms with Crippen LogP contribution in [-0.4, -0.2) is 25.0 Å². The van der Waals surface area contributed by atoms with Gasteiger partial charge in [-0.05, 0) is 68.1 Å². The van der Waals surface area contributed by atoms with Crippen molar-refractivity contribution in [2.24, 2.45) is 0 Å². The summed E-state index contributed by atoms with van der Waals surface area (Å²) in [4.78, 5) is 23.6. The number of hydrazine groups is 1. The van der Waals surface area contributed by atoms with Gasteiger partial charge in [-0.25, -0.2) is 0 Å². The third kappa shape index (κ3) is 7.01. The smallest absolute Gasteiger partial charge is 0.276 e. The Balaban J connectivity index is 1.67. The highest BCUT2D eigenvalue weighted by atomic mass is 16.5. The van der Waals surface area contributed by atoms with Crippen LogP contribution in [0, 0.1) is 27.7 Å². The van der Waals surface area contributed by atoms with Crippen LogP contribution in [0.3, 0.4) is 0 Å². The molecule has 0 bridgehead atoms. The SMILES string of the molecule is Cc1cc(C)cc(OCC(=O)NNC(=O)CCOc2cc(C)ccc2C)c1. The van der Waals surface area contributed by atoms with Crippen molar-refractivity contribution in [3.05, 3.63) is 58.7 Å². The number of ether oxygens (including phenoxy) is 2. The van der Waals surface area contributed by atoms with Crippen molar-refractivity contribution in [1.82, 2.24) is 10.9 Å². The summed E-state index contributed by atoms with van der Waals surface area (Å²) in [6.45, 7) is 7.90. The molecule has 0 radical (unpaired) electrons. The van der Waals surface area contributed by atoms with Crippen molar-refractivity contribution in [2.45, 2.75) is 34.1 Å². The first kappa shape index (κ1) is 20.3. The molecule has 0 spiro atoms. The number of nitrogens with one attached hydrogen (secondary N) is 2. The van der Waals surface area contributed by atoms with E-state index in [2.05, 4.69) is 10.9 Å². The summed E-state index contributed by atoms with van der Waals surface area (Å²) in [6.07, 6.45) is 0.131. The third-order valence-electron chi connectivity index (χ3n) is 3.84. The Hall–Kier alpha value is -3.02. The monoisotopic (exact) mass is 370 g/mol. The Labute approximate surface area is 159 Å². The van der Waals surface area contributed by atoms with Crippen LogP contribution in [0.15, 0.2) is 36.4 Å². The Morgan fingerprint density at radius 1 is 0.815 bits per heavy atom. The summed E-state index contributed by atoms with van der Waals surface area (Å²) in [5.74, 6) is 0.614. The fourth-order valence-electron chi connectivity index (χ4n) is 2.52. The normalized spacial score (nSPS) is 10.2. The molecule has 0 saturated carbocycles. The molecule has 0 atom stereocenters. The van der Waals surface area contributed by atoms with E-state index in [9.17, 15) is 9.59 Å². The van der Waals surface area contributed by atoms with Gasteiger partial charge in [0.15, 0.2) is 6.61 Å². The van der Waals surface area contributed by atoms with Gasteiger partial charge in [-0.1, -0.05) is 18.2 Å². The van der Waals surface area contributed by atoms with E-state index >= 15 is 0 Å². The number of carbonyl (C=O) groups is 2. The minimum absolute atomic E-state index is 0.131. The first-order valence-electron chi connectivity index (χ1n) is 8.82. The minimum Gasteiger partial charge on any atom is -0.493 e. The van der Waals surface area contributed by atoms with Crippen molar-refractivity contribution in [2.75, 3.05) is 13.2 Å². The molecule has 6 nitrogen and oxygen atoms in total. The van der Waals surface area contributed by atoms with Crippen LogP contribution in [0.25, 0.3) is 0 Å². The van der Waals surface area contributed by atoms with E-state index in [4.69, 9.17) is 9.47 Å². The highest BCUT2D eigenvalue weighted by Crippen LogP contribution is 2.19. The molecular formula is C21H26N2O4. The second kappa shape index (κ2) is 9.62. The van der Waals surface area contributed by atoms with Crippen LogP contribution in [-0.2, 0) is 9.59 Å². The molecule has 2 rings (SSSR count). The average Bonchev–Trinajstić information content (AvgIpc) is 2.60. The van der Waals surface area contributed by atoms with Crippen LogP contribution >= 0.6 is 0 Å². The lowest BCUT2D eigenvalue weighted by Crippen LogP contribution is -2.44. The van der Waals surface area contributed by atoms with Crippen LogP contribution in [0.5, 0.6) is 11.5 Å². The lowest BCUT2D eigenvalue weighted by molar-refractivity contribution is -0.130. The quantitative estimate of drug-likeness (QED) is 0.735. The summed E-state index contributed by atoms with van der Waals surface area (Å²) in [5, 5.41) is 0. The van der Waals surface area contributed by atoms with Crippen LogP contribution in [0.4, 0.5) is 0 Å². The zero-order chi connectivity index (χ0) is 19.8. The number of hydrogen-bond donors (Lipinski definition) is 2. The molecule has 2 amide bonds. The van der Waals surface area contributed by atoms with E-state index in [1.54, 1.807) is 0 Å². The van der Waals surface area contributed by atoms with Crippen LogP contribution in [0.2, 0.25) is 0 Å². The van der Waals surface area contributed by atoms with Crippen molar-refractivity contribution in [3.63, 3.8) is 0 Å². The number of benzene rings is 2. The third-order valence-corrected chi connectivity index (χ3v) is 3.84. The fourth-order valence-corrected chi connectivity index (χ4v) is 2.52. The van der Waals surface area contributed by atoms with Crippen molar-refractivity contribution < 1.29 is 19.1 Å². The van der Waals surface area contributed by atoms with Crippen LogP contribution < -0.4 is 20.3 Å². The predicted molar refractivity (Wildman–Crippen MR) is 104 cm³/mol. The molecule has 144 valence electrons. The molecule has 27 heavy (non-hydrogen) atoms. The number of aryl methyl sites for hydroxylation is 4. The second-order valence-electron chi connectivity index (χ2n) is 6.58. The molecule has 0 aromatic heterocycles. The number of amides is 2. The topological polar surface area (TPSA) is 76.7 Å². The first-order chi connectivity index (χ1) is 12.8. The van der Waals surface area contributed by atoms with Gasteiger partial charge in [0, 0.05) is 0 Å². The molecule has 0 saturated heterocycles. The molecule has 2 aromatic rings. The zero-order valence-electron chi connectivity index (χ0n) is 16.2. The maximum absolute atomic E-state index is 11.8. The van der Waals surface area contributed by atoms with E-state index in [-0.39, 0.29) is 25.5 Å². The summed E-state index contributed by atoms with van der Waals surface area (Å²) in [6, 6.07) is 11.6. The maximum atomic E-state index is 11.8. The van der Waals surface area contributed by atoms with Crippen LogP contribution in [0.1, 0.15) is 28.7 Å². The molecule has 6 heteroatoms. The van der Waals surface area contributed by atoms with Gasteiger partial charge < -0.3 is 9.47 Å². The van der Waals surface area contributed by atoms with Crippen molar-refractivity contribution in [1.29, 1.82) is 0 Å². The zero-order valence-corrected chi connectivity index (χ0v) is 16.2. The van der Waals surface area contributed by atoms with Gasteiger partial charge in [-0.2, -0.15) is 0 Å². The molecular weight excluding hydrogens is 344 g/mol. The average molecular weight is 370 g/mol. The van der Waals surface area contributed by atoms with Gasteiger partial charge in [-0.3, -0.25) is 20.4 Å². The molecule has 0 aliphatic heterocycles. The summed E-state index contributed by atoms with van der Waals surface area (Å²) < 4.78 is 11.1.